The van der Waals surface area contributed by atoms with Gasteiger partial charge in [0, 0.05) is 11.8 Å². The number of hydrogen-bond donors (Lipinski definition) is 4. The SMILES string of the molecule is CC1=C(OC2=C(C)C(C)C(N)(N)C=C2)C=CC(N)(N)C1C. The van der Waals surface area contributed by atoms with E-state index in [4.69, 9.17) is 27.7 Å². The molecule has 2 aliphatic rings. The van der Waals surface area contributed by atoms with E-state index >= 15 is 0 Å². The Balaban J connectivity index is 2.28. The Bertz CT molecular complexity index is 517. The van der Waals surface area contributed by atoms with Gasteiger partial charge < -0.3 is 27.7 Å². The van der Waals surface area contributed by atoms with Crippen LogP contribution in [0.2, 0.25) is 0 Å². The zero-order valence-electron chi connectivity index (χ0n) is 13.2. The van der Waals surface area contributed by atoms with Crippen molar-refractivity contribution in [2.45, 2.75) is 39.0 Å². The lowest BCUT2D eigenvalue weighted by Gasteiger charge is -2.35. The first-order chi connectivity index (χ1) is 9.56. The maximum atomic E-state index is 6.05. The maximum absolute atomic E-state index is 6.05. The monoisotopic (exact) mass is 290 g/mol. The summed E-state index contributed by atoms with van der Waals surface area (Å²) in [5.41, 5.74) is 24.5. The zero-order chi connectivity index (χ0) is 16.0. The molecule has 0 bridgehead atoms. The fraction of sp³-hybridized carbons (Fsp3) is 0.500. The highest BCUT2D eigenvalue weighted by Crippen LogP contribution is 2.34. The number of allylic oxidation sites excluding steroid dienone is 2. The summed E-state index contributed by atoms with van der Waals surface area (Å²) in [6.07, 6.45) is 7.23. The van der Waals surface area contributed by atoms with E-state index in [-0.39, 0.29) is 11.8 Å². The van der Waals surface area contributed by atoms with E-state index in [1.807, 2.05) is 39.8 Å². The molecule has 116 valence electrons. The van der Waals surface area contributed by atoms with Gasteiger partial charge in [0.1, 0.15) is 11.5 Å². The summed E-state index contributed by atoms with van der Waals surface area (Å²) in [7, 11) is 0. The number of rotatable bonds is 2. The van der Waals surface area contributed by atoms with Gasteiger partial charge in [-0.15, -0.1) is 0 Å². The highest BCUT2D eigenvalue weighted by Gasteiger charge is 2.33. The second kappa shape index (κ2) is 5.10. The molecule has 2 aliphatic carbocycles. The van der Waals surface area contributed by atoms with E-state index in [0.717, 1.165) is 22.7 Å². The summed E-state index contributed by atoms with van der Waals surface area (Å²) in [6.45, 7) is 7.96. The van der Waals surface area contributed by atoms with Crippen LogP contribution in [0.4, 0.5) is 0 Å². The molecular weight excluding hydrogens is 264 g/mol. The predicted molar refractivity (Wildman–Crippen MR) is 85.3 cm³/mol. The van der Waals surface area contributed by atoms with Crippen LogP contribution in [-0.2, 0) is 4.74 Å². The van der Waals surface area contributed by atoms with Gasteiger partial charge in [0.05, 0.1) is 11.3 Å². The van der Waals surface area contributed by atoms with Crippen LogP contribution in [0.25, 0.3) is 0 Å². The molecule has 2 atom stereocenters. The van der Waals surface area contributed by atoms with Crippen LogP contribution in [0.5, 0.6) is 0 Å². The second-order valence-corrected chi connectivity index (χ2v) is 6.31. The molecule has 0 aromatic carbocycles. The summed E-state index contributed by atoms with van der Waals surface area (Å²) in [5.74, 6) is 1.57. The van der Waals surface area contributed by atoms with Crippen LogP contribution >= 0.6 is 0 Å². The van der Waals surface area contributed by atoms with E-state index < -0.39 is 11.3 Å². The smallest absolute Gasteiger partial charge is 0.126 e. The van der Waals surface area contributed by atoms with Crippen molar-refractivity contribution in [3.63, 3.8) is 0 Å². The van der Waals surface area contributed by atoms with Gasteiger partial charge in [-0.25, -0.2) is 0 Å². The first-order valence-electron chi connectivity index (χ1n) is 7.19. The lowest BCUT2D eigenvalue weighted by atomic mass is 9.83. The van der Waals surface area contributed by atoms with Crippen molar-refractivity contribution in [1.29, 1.82) is 0 Å². The fourth-order valence-corrected chi connectivity index (χ4v) is 2.52. The Kier molecular flexibility index (Phi) is 3.88. The molecule has 2 rings (SSSR count). The molecule has 0 amide bonds. The third kappa shape index (κ3) is 2.82. The van der Waals surface area contributed by atoms with Crippen molar-refractivity contribution >= 4 is 0 Å². The average molecular weight is 290 g/mol. The normalized spacial score (nSPS) is 30.9. The van der Waals surface area contributed by atoms with E-state index in [0.29, 0.717) is 0 Å². The van der Waals surface area contributed by atoms with Crippen LogP contribution in [-0.4, -0.2) is 11.3 Å². The highest BCUT2D eigenvalue weighted by atomic mass is 16.5. The summed E-state index contributed by atoms with van der Waals surface area (Å²) < 4.78 is 6.05. The van der Waals surface area contributed by atoms with Crippen molar-refractivity contribution in [3.05, 3.63) is 47.0 Å². The number of nitrogens with two attached hydrogens (primary N) is 4. The lowest BCUT2D eigenvalue weighted by Crippen LogP contribution is -2.55. The van der Waals surface area contributed by atoms with E-state index in [1.165, 1.54) is 0 Å². The van der Waals surface area contributed by atoms with Gasteiger partial charge in [0.15, 0.2) is 0 Å². The van der Waals surface area contributed by atoms with E-state index in [2.05, 4.69) is 0 Å². The van der Waals surface area contributed by atoms with Gasteiger partial charge in [-0.3, -0.25) is 0 Å². The Labute approximate surface area is 126 Å². The van der Waals surface area contributed by atoms with Crippen LogP contribution in [0.15, 0.2) is 47.0 Å². The molecule has 5 heteroatoms. The predicted octanol–water partition coefficient (Wildman–Crippen LogP) is 1.19. The molecular formula is C16H26N4O. The number of ether oxygens (including phenoxy) is 1. The third-order valence-corrected chi connectivity index (χ3v) is 4.84. The van der Waals surface area contributed by atoms with Crippen molar-refractivity contribution < 1.29 is 4.74 Å². The summed E-state index contributed by atoms with van der Waals surface area (Å²) >= 11 is 0. The average Bonchev–Trinajstić information content (AvgIpc) is 2.40. The Morgan fingerprint density at radius 1 is 0.810 bits per heavy atom. The van der Waals surface area contributed by atoms with Gasteiger partial charge in [-0.1, -0.05) is 13.8 Å². The summed E-state index contributed by atoms with van der Waals surface area (Å²) in [5, 5.41) is 0. The number of hydrogen-bond acceptors (Lipinski definition) is 5. The van der Waals surface area contributed by atoms with Crippen LogP contribution in [0.1, 0.15) is 27.7 Å². The fourth-order valence-electron chi connectivity index (χ4n) is 2.52. The van der Waals surface area contributed by atoms with Crippen LogP contribution in [0, 0.1) is 11.8 Å². The molecule has 0 saturated heterocycles. The minimum absolute atomic E-state index is 0.00603. The Morgan fingerprint density at radius 3 is 1.48 bits per heavy atom. The van der Waals surface area contributed by atoms with Crippen molar-refractivity contribution in [3.8, 4) is 0 Å². The minimum atomic E-state index is -0.834. The van der Waals surface area contributed by atoms with Gasteiger partial charge in [0.25, 0.3) is 0 Å². The molecule has 2 unspecified atom stereocenters. The standard InChI is InChI=1S/C16H26N4O/c1-9-11(3)15(17,18)7-5-13(9)21-14-6-8-16(19,20)12(4)10(14)2/h5-8,11-12H,17-20H2,1-4H3. The van der Waals surface area contributed by atoms with Gasteiger partial charge >= 0.3 is 0 Å². The van der Waals surface area contributed by atoms with Gasteiger partial charge in [0.2, 0.25) is 0 Å². The first-order valence-corrected chi connectivity index (χ1v) is 7.19. The molecule has 0 aromatic heterocycles. The second-order valence-electron chi connectivity index (χ2n) is 6.31. The third-order valence-electron chi connectivity index (χ3n) is 4.84. The molecule has 0 heterocycles. The first kappa shape index (κ1) is 16.0. The van der Waals surface area contributed by atoms with Crippen molar-refractivity contribution in [1.82, 2.24) is 0 Å². The topological polar surface area (TPSA) is 113 Å². The summed E-state index contributed by atoms with van der Waals surface area (Å²) in [4.78, 5) is 0. The molecule has 0 radical (unpaired) electrons. The van der Waals surface area contributed by atoms with E-state index in [9.17, 15) is 0 Å². The van der Waals surface area contributed by atoms with Gasteiger partial charge in [-0.2, -0.15) is 0 Å². The van der Waals surface area contributed by atoms with Crippen LogP contribution in [0.3, 0.4) is 0 Å². The van der Waals surface area contributed by atoms with Crippen molar-refractivity contribution in [2.75, 3.05) is 0 Å². The van der Waals surface area contributed by atoms with E-state index in [1.54, 1.807) is 12.2 Å². The lowest BCUT2D eigenvalue weighted by molar-refractivity contribution is 0.283. The van der Waals surface area contributed by atoms with Gasteiger partial charge in [-0.05, 0) is 49.3 Å². The highest BCUT2D eigenvalue weighted by molar-refractivity contribution is 5.37. The molecule has 0 saturated carbocycles. The molecule has 5 nitrogen and oxygen atoms in total. The molecule has 0 aliphatic heterocycles. The molecule has 0 spiro atoms. The minimum Gasteiger partial charge on any atom is -0.457 e. The Morgan fingerprint density at radius 2 is 1.14 bits per heavy atom. The maximum Gasteiger partial charge on any atom is 0.126 e. The largest absolute Gasteiger partial charge is 0.457 e. The molecule has 21 heavy (non-hydrogen) atoms. The van der Waals surface area contributed by atoms with Crippen molar-refractivity contribution in [2.24, 2.45) is 34.8 Å². The van der Waals surface area contributed by atoms with Crippen LogP contribution < -0.4 is 22.9 Å². The molecule has 0 fully saturated rings. The molecule has 8 N–H and O–H groups in total. The zero-order valence-corrected chi connectivity index (χ0v) is 13.2. The molecule has 0 aromatic rings. The Hall–Kier alpha value is -1.40. The quantitative estimate of drug-likeness (QED) is 0.570. The summed E-state index contributed by atoms with van der Waals surface area (Å²) in [6, 6.07) is 0.